The van der Waals surface area contributed by atoms with Crippen LogP contribution >= 0.6 is 0 Å². The highest BCUT2D eigenvalue weighted by molar-refractivity contribution is 5.97. The summed E-state index contributed by atoms with van der Waals surface area (Å²) in [6.07, 6.45) is 0. The summed E-state index contributed by atoms with van der Waals surface area (Å²) >= 11 is 0. The lowest BCUT2D eigenvalue weighted by Gasteiger charge is -2.10. The first kappa shape index (κ1) is 10.0. The zero-order chi connectivity index (χ0) is 11.0. The summed E-state index contributed by atoms with van der Waals surface area (Å²) in [4.78, 5) is 11.6. The molecule has 0 spiro atoms. The monoisotopic (exact) mass is 204 g/mol. The molecule has 1 aliphatic rings. The van der Waals surface area contributed by atoms with Crippen molar-refractivity contribution < 1.29 is 4.79 Å². The highest BCUT2D eigenvalue weighted by Gasteiger charge is 2.19. The Morgan fingerprint density at radius 2 is 1.80 bits per heavy atom. The van der Waals surface area contributed by atoms with E-state index >= 15 is 0 Å². The van der Waals surface area contributed by atoms with Crippen molar-refractivity contribution in [3.8, 4) is 0 Å². The van der Waals surface area contributed by atoms with E-state index in [2.05, 4.69) is 30.5 Å². The van der Waals surface area contributed by atoms with Crippen molar-refractivity contribution in [1.29, 1.82) is 0 Å². The Morgan fingerprint density at radius 1 is 1.20 bits per heavy atom. The van der Waals surface area contributed by atoms with E-state index in [-0.39, 0.29) is 11.8 Å². The fraction of sp³-hybridized carbons (Fsp3) is 0.417. The van der Waals surface area contributed by atoms with Crippen LogP contribution in [0.25, 0.3) is 0 Å². The molecule has 1 aromatic carbocycles. The number of fused-ring (bicyclic) bond motifs is 1. The predicted octanol–water partition coefficient (Wildman–Crippen LogP) is 2.30. The van der Waals surface area contributed by atoms with Crippen molar-refractivity contribution in [2.24, 2.45) is 5.92 Å². The Hall–Kier alpha value is -1.51. The summed E-state index contributed by atoms with van der Waals surface area (Å²) < 4.78 is 0. The maximum Gasteiger partial charge on any atom is 0.229 e. The third kappa shape index (κ3) is 1.82. The molecule has 0 saturated carbocycles. The second kappa shape index (κ2) is 3.57. The van der Waals surface area contributed by atoms with Gasteiger partial charge in [0.15, 0.2) is 0 Å². The first-order valence-corrected chi connectivity index (χ1v) is 5.24. The van der Waals surface area contributed by atoms with Gasteiger partial charge >= 0.3 is 0 Å². The highest BCUT2D eigenvalue weighted by atomic mass is 16.1. The number of hydrogen-bond acceptors (Lipinski definition) is 2. The molecular formula is C12H16N2O. The number of amides is 1. The van der Waals surface area contributed by atoms with E-state index in [0.717, 1.165) is 11.4 Å². The van der Waals surface area contributed by atoms with Crippen LogP contribution in [0.3, 0.4) is 0 Å². The molecule has 1 aliphatic heterocycles. The normalized spacial score (nSPS) is 19.9. The van der Waals surface area contributed by atoms with Gasteiger partial charge in [0.1, 0.15) is 0 Å². The fourth-order valence-corrected chi connectivity index (χ4v) is 1.68. The highest BCUT2D eigenvalue weighted by Crippen LogP contribution is 2.28. The maximum absolute atomic E-state index is 11.6. The molecule has 1 amide bonds. The number of carbonyl (C=O) groups excluding carboxylic acids is 1. The van der Waals surface area contributed by atoms with E-state index in [1.807, 2.05) is 13.0 Å². The number of aryl methyl sites for hydroxylation is 2. The van der Waals surface area contributed by atoms with Crippen LogP contribution < -0.4 is 10.6 Å². The van der Waals surface area contributed by atoms with Gasteiger partial charge in [0.05, 0.1) is 17.3 Å². The topological polar surface area (TPSA) is 41.1 Å². The third-order valence-corrected chi connectivity index (χ3v) is 2.94. The lowest BCUT2D eigenvalue weighted by molar-refractivity contribution is -0.118. The summed E-state index contributed by atoms with van der Waals surface area (Å²) in [6.45, 7) is 6.75. The molecule has 0 radical (unpaired) electrons. The quantitative estimate of drug-likeness (QED) is 0.681. The van der Waals surface area contributed by atoms with Crippen LogP contribution in [0.4, 0.5) is 11.4 Å². The van der Waals surface area contributed by atoms with Gasteiger partial charge in [-0.25, -0.2) is 0 Å². The fourth-order valence-electron chi connectivity index (χ4n) is 1.68. The molecule has 0 bridgehead atoms. The Kier molecular flexibility index (Phi) is 2.39. The minimum Gasteiger partial charge on any atom is -0.383 e. The second-order valence-electron chi connectivity index (χ2n) is 4.25. The van der Waals surface area contributed by atoms with E-state index in [1.165, 1.54) is 11.1 Å². The van der Waals surface area contributed by atoms with Gasteiger partial charge in [-0.05, 0) is 37.1 Å². The molecule has 15 heavy (non-hydrogen) atoms. The summed E-state index contributed by atoms with van der Waals surface area (Å²) in [6, 6.07) is 4.11. The average molecular weight is 204 g/mol. The van der Waals surface area contributed by atoms with E-state index < -0.39 is 0 Å². The molecule has 1 heterocycles. The Morgan fingerprint density at radius 3 is 2.47 bits per heavy atom. The average Bonchev–Trinajstić information content (AvgIpc) is 2.31. The molecule has 0 saturated heterocycles. The van der Waals surface area contributed by atoms with Gasteiger partial charge in [-0.3, -0.25) is 4.79 Å². The van der Waals surface area contributed by atoms with Crippen molar-refractivity contribution in [2.45, 2.75) is 20.8 Å². The minimum absolute atomic E-state index is 0.0120. The Bertz CT molecular complexity index is 412. The number of carbonyl (C=O) groups is 1. The van der Waals surface area contributed by atoms with Gasteiger partial charge in [-0.2, -0.15) is 0 Å². The van der Waals surface area contributed by atoms with Crippen molar-refractivity contribution >= 4 is 17.3 Å². The molecule has 0 aliphatic carbocycles. The molecule has 1 atom stereocenters. The van der Waals surface area contributed by atoms with E-state index in [0.29, 0.717) is 6.54 Å². The summed E-state index contributed by atoms with van der Waals surface area (Å²) in [5, 5.41) is 6.23. The van der Waals surface area contributed by atoms with Gasteiger partial charge in [-0.15, -0.1) is 0 Å². The zero-order valence-electron chi connectivity index (χ0n) is 9.35. The smallest absolute Gasteiger partial charge is 0.229 e. The summed E-state index contributed by atoms with van der Waals surface area (Å²) in [5.41, 5.74) is 4.36. The molecule has 0 aromatic heterocycles. The predicted molar refractivity (Wildman–Crippen MR) is 62.2 cm³/mol. The molecule has 1 aromatic rings. The van der Waals surface area contributed by atoms with E-state index in [4.69, 9.17) is 0 Å². The molecule has 3 nitrogen and oxygen atoms in total. The first-order chi connectivity index (χ1) is 7.08. The SMILES string of the molecule is Cc1cc2c(cc1C)NC(=O)[C@@H](C)CN2. The molecule has 2 N–H and O–H groups in total. The van der Waals surface area contributed by atoms with Gasteiger partial charge < -0.3 is 10.6 Å². The number of rotatable bonds is 0. The first-order valence-electron chi connectivity index (χ1n) is 5.24. The third-order valence-electron chi connectivity index (χ3n) is 2.94. The molecule has 2 rings (SSSR count). The van der Waals surface area contributed by atoms with Gasteiger partial charge in [0, 0.05) is 6.54 Å². The molecule has 0 unspecified atom stereocenters. The van der Waals surface area contributed by atoms with Gasteiger partial charge in [-0.1, -0.05) is 6.92 Å². The van der Waals surface area contributed by atoms with Crippen LogP contribution in [-0.2, 0) is 4.79 Å². The standard InChI is InChI=1S/C12H16N2O/c1-7-4-10-11(5-8(7)2)14-12(15)9(3)6-13-10/h4-5,9,13H,6H2,1-3H3,(H,14,15)/t9-/m0/s1. The van der Waals surface area contributed by atoms with E-state index in [1.54, 1.807) is 0 Å². The Labute approximate surface area is 89.9 Å². The largest absolute Gasteiger partial charge is 0.383 e. The van der Waals surface area contributed by atoms with Crippen molar-refractivity contribution in [3.63, 3.8) is 0 Å². The Balaban J connectivity index is 2.43. The molecule has 0 fully saturated rings. The van der Waals surface area contributed by atoms with Crippen LogP contribution in [0.5, 0.6) is 0 Å². The molecule has 80 valence electrons. The summed E-state index contributed by atoms with van der Waals surface area (Å²) in [5.74, 6) is 0.0996. The van der Waals surface area contributed by atoms with Crippen LogP contribution in [-0.4, -0.2) is 12.5 Å². The van der Waals surface area contributed by atoms with Gasteiger partial charge in [0.25, 0.3) is 0 Å². The number of nitrogens with one attached hydrogen (secondary N) is 2. The van der Waals surface area contributed by atoms with Crippen LogP contribution in [0.15, 0.2) is 12.1 Å². The number of hydrogen-bond donors (Lipinski definition) is 2. The lowest BCUT2D eigenvalue weighted by atomic mass is 10.1. The molecule has 3 heteroatoms. The second-order valence-corrected chi connectivity index (χ2v) is 4.25. The van der Waals surface area contributed by atoms with Crippen LogP contribution in [0.2, 0.25) is 0 Å². The van der Waals surface area contributed by atoms with Crippen LogP contribution in [0.1, 0.15) is 18.1 Å². The maximum atomic E-state index is 11.6. The molecular weight excluding hydrogens is 188 g/mol. The number of benzene rings is 1. The lowest BCUT2D eigenvalue weighted by Crippen LogP contribution is -2.22. The zero-order valence-corrected chi connectivity index (χ0v) is 9.35. The number of anilines is 2. The van der Waals surface area contributed by atoms with E-state index in [9.17, 15) is 4.79 Å². The van der Waals surface area contributed by atoms with Gasteiger partial charge in [0.2, 0.25) is 5.91 Å². The minimum atomic E-state index is 0.0120. The van der Waals surface area contributed by atoms with Crippen molar-refractivity contribution in [1.82, 2.24) is 0 Å². The summed E-state index contributed by atoms with van der Waals surface area (Å²) in [7, 11) is 0. The van der Waals surface area contributed by atoms with Crippen molar-refractivity contribution in [3.05, 3.63) is 23.3 Å². The van der Waals surface area contributed by atoms with Crippen molar-refractivity contribution in [2.75, 3.05) is 17.2 Å². The van der Waals surface area contributed by atoms with Crippen LogP contribution in [0, 0.1) is 19.8 Å².